The van der Waals surface area contributed by atoms with E-state index in [1.54, 1.807) is 0 Å². The molecule has 2 bridgehead atoms. The minimum Gasteiger partial charge on any atom is -0.309 e. The summed E-state index contributed by atoms with van der Waals surface area (Å²) in [6.07, 6.45) is 3.63. The summed E-state index contributed by atoms with van der Waals surface area (Å²) < 4.78 is 0. The fraction of sp³-hybridized carbons (Fsp3) is 0.857. The van der Waals surface area contributed by atoms with Gasteiger partial charge in [-0.15, -0.1) is 0 Å². The highest BCUT2D eigenvalue weighted by Crippen LogP contribution is 2.25. The summed E-state index contributed by atoms with van der Waals surface area (Å²) in [7, 11) is 0. The Morgan fingerprint density at radius 2 is 2.33 bits per heavy atom. The molecule has 2 atom stereocenters. The summed E-state index contributed by atoms with van der Waals surface area (Å²) in [6.45, 7) is 1.16. The molecular formula is C7H12N2. The summed E-state index contributed by atoms with van der Waals surface area (Å²) in [5, 5.41) is 10.9. The quantitative estimate of drug-likeness (QED) is 0.492. The monoisotopic (exact) mass is 124 g/mol. The third-order valence-corrected chi connectivity index (χ3v) is 2.45. The van der Waals surface area contributed by atoms with Crippen LogP contribution < -0.4 is 5.32 Å². The number of hydrogen-bond acceptors (Lipinski definition) is 2. The first-order chi connectivity index (χ1) is 4.36. The van der Waals surface area contributed by atoms with E-state index in [9.17, 15) is 0 Å². The average molecular weight is 124 g/mol. The van der Waals surface area contributed by atoms with E-state index in [1.807, 2.05) is 0 Å². The smallest absolute Gasteiger partial charge is 0.0448 e. The molecule has 3 rings (SSSR count). The highest BCUT2D eigenvalue weighted by Gasteiger charge is 2.30. The second-order valence-corrected chi connectivity index (χ2v) is 3.13. The second-order valence-electron chi connectivity index (χ2n) is 3.13. The molecule has 0 spiro atoms. The third kappa shape index (κ3) is 0.778. The molecule has 9 heavy (non-hydrogen) atoms. The van der Waals surface area contributed by atoms with Crippen LogP contribution in [-0.4, -0.2) is 18.3 Å². The standard InChI is InChI=1S/C7H12N2/c8-6-3-5-1-2-7(6)9-4-5/h5,7-9H,1-4H2. The van der Waals surface area contributed by atoms with Crippen LogP contribution in [-0.2, 0) is 0 Å². The van der Waals surface area contributed by atoms with Crippen molar-refractivity contribution in [2.75, 3.05) is 6.54 Å². The lowest BCUT2D eigenvalue weighted by Crippen LogP contribution is -2.50. The lowest BCUT2D eigenvalue weighted by Gasteiger charge is -2.37. The van der Waals surface area contributed by atoms with Gasteiger partial charge in [0.1, 0.15) is 0 Å². The molecule has 0 aromatic heterocycles. The fourth-order valence-corrected chi connectivity index (χ4v) is 1.84. The van der Waals surface area contributed by atoms with Gasteiger partial charge in [-0.05, 0) is 31.7 Å². The van der Waals surface area contributed by atoms with Gasteiger partial charge in [0.15, 0.2) is 0 Å². The Hall–Kier alpha value is -0.370. The molecule has 0 amide bonds. The summed E-state index contributed by atoms with van der Waals surface area (Å²) in [5.41, 5.74) is 0.942. The molecule has 50 valence electrons. The lowest BCUT2D eigenvalue weighted by atomic mass is 9.80. The molecular weight excluding hydrogens is 112 g/mol. The Morgan fingerprint density at radius 1 is 1.44 bits per heavy atom. The molecule has 2 heterocycles. The number of rotatable bonds is 0. The van der Waals surface area contributed by atoms with Crippen LogP contribution in [0.1, 0.15) is 19.3 Å². The summed E-state index contributed by atoms with van der Waals surface area (Å²) in [4.78, 5) is 0. The first-order valence-corrected chi connectivity index (χ1v) is 3.67. The second kappa shape index (κ2) is 1.81. The Labute approximate surface area is 55.2 Å². The topological polar surface area (TPSA) is 35.9 Å². The SMILES string of the molecule is N=C1CC2CCC1NC2. The molecule has 2 unspecified atom stereocenters. The van der Waals surface area contributed by atoms with Crippen molar-refractivity contribution in [2.45, 2.75) is 25.3 Å². The van der Waals surface area contributed by atoms with Gasteiger partial charge in [-0.25, -0.2) is 0 Å². The first-order valence-electron chi connectivity index (χ1n) is 3.67. The minimum absolute atomic E-state index is 0.454. The van der Waals surface area contributed by atoms with Gasteiger partial charge >= 0.3 is 0 Å². The van der Waals surface area contributed by atoms with E-state index in [4.69, 9.17) is 5.41 Å². The summed E-state index contributed by atoms with van der Waals surface area (Å²) in [6, 6.07) is 0.454. The molecule has 0 aromatic rings. The van der Waals surface area contributed by atoms with Gasteiger partial charge in [0.05, 0.1) is 0 Å². The normalized spacial score (nSPS) is 41.6. The van der Waals surface area contributed by atoms with Crippen molar-refractivity contribution >= 4 is 5.71 Å². The van der Waals surface area contributed by atoms with Crippen LogP contribution in [0.15, 0.2) is 0 Å². The Balaban J connectivity index is 2.15. The van der Waals surface area contributed by atoms with E-state index >= 15 is 0 Å². The maximum atomic E-state index is 7.51. The van der Waals surface area contributed by atoms with Crippen LogP contribution in [0, 0.1) is 11.3 Å². The van der Waals surface area contributed by atoms with Crippen molar-refractivity contribution in [1.29, 1.82) is 5.41 Å². The minimum atomic E-state index is 0.454. The zero-order chi connectivity index (χ0) is 6.27. The summed E-state index contributed by atoms with van der Waals surface area (Å²) in [5.74, 6) is 0.794. The van der Waals surface area contributed by atoms with Gasteiger partial charge in [0, 0.05) is 11.8 Å². The Kier molecular flexibility index (Phi) is 1.09. The van der Waals surface area contributed by atoms with Gasteiger partial charge in [-0.2, -0.15) is 0 Å². The maximum absolute atomic E-state index is 7.51. The molecule has 2 saturated heterocycles. The van der Waals surface area contributed by atoms with Crippen LogP contribution >= 0.6 is 0 Å². The van der Waals surface area contributed by atoms with Crippen LogP contribution in [0.2, 0.25) is 0 Å². The van der Waals surface area contributed by atoms with Crippen LogP contribution in [0.4, 0.5) is 0 Å². The van der Waals surface area contributed by atoms with Crippen LogP contribution in [0.25, 0.3) is 0 Å². The average Bonchev–Trinajstić information content (AvgIpc) is 1.90. The third-order valence-electron chi connectivity index (χ3n) is 2.45. The zero-order valence-electron chi connectivity index (χ0n) is 5.48. The van der Waals surface area contributed by atoms with Gasteiger partial charge < -0.3 is 10.7 Å². The molecule has 2 heteroatoms. The molecule has 2 nitrogen and oxygen atoms in total. The Morgan fingerprint density at radius 3 is 2.56 bits per heavy atom. The van der Waals surface area contributed by atoms with Crippen molar-refractivity contribution in [3.63, 3.8) is 0 Å². The van der Waals surface area contributed by atoms with Gasteiger partial charge in [0.2, 0.25) is 0 Å². The molecule has 1 saturated carbocycles. The molecule has 3 aliphatic rings. The predicted octanol–water partition coefficient (Wildman–Crippen LogP) is 0.778. The molecule has 3 fully saturated rings. The number of fused-ring (bicyclic) bond motifs is 3. The van der Waals surface area contributed by atoms with Crippen molar-refractivity contribution in [2.24, 2.45) is 5.92 Å². The van der Waals surface area contributed by atoms with E-state index in [1.165, 1.54) is 12.8 Å². The van der Waals surface area contributed by atoms with E-state index in [2.05, 4.69) is 5.32 Å². The molecule has 2 aliphatic heterocycles. The highest BCUT2D eigenvalue weighted by atomic mass is 15.0. The van der Waals surface area contributed by atoms with Crippen molar-refractivity contribution in [1.82, 2.24) is 5.32 Å². The highest BCUT2D eigenvalue weighted by molar-refractivity contribution is 5.88. The summed E-state index contributed by atoms with van der Waals surface area (Å²) >= 11 is 0. The molecule has 2 N–H and O–H groups in total. The largest absolute Gasteiger partial charge is 0.309 e. The van der Waals surface area contributed by atoms with Crippen molar-refractivity contribution in [3.05, 3.63) is 0 Å². The predicted molar refractivity (Wildman–Crippen MR) is 36.9 cm³/mol. The van der Waals surface area contributed by atoms with Crippen LogP contribution in [0.3, 0.4) is 0 Å². The molecule has 0 radical (unpaired) electrons. The van der Waals surface area contributed by atoms with E-state index in [0.29, 0.717) is 6.04 Å². The molecule has 1 aliphatic carbocycles. The van der Waals surface area contributed by atoms with Gasteiger partial charge in [0.25, 0.3) is 0 Å². The van der Waals surface area contributed by atoms with Crippen molar-refractivity contribution < 1.29 is 0 Å². The van der Waals surface area contributed by atoms with Crippen molar-refractivity contribution in [3.8, 4) is 0 Å². The molecule has 0 aromatic carbocycles. The first kappa shape index (κ1) is 5.42. The van der Waals surface area contributed by atoms with Crippen LogP contribution in [0.5, 0.6) is 0 Å². The number of hydrogen-bond donors (Lipinski definition) is 2. The maximum Gasteiger partial charge on any atom is 0.0448 e. The number of piperidine rings is 2. The van der Waals surface area contributed by atoms with E-state index in [0.717, 1.165) is 24.6 Å². The lowest BCUT2D eigenvalue weighted by molar-refractivity contribution is 0.318. The Bertz CT molecular complexity index is 134. The zero-order valence-corrected chi connectivity index (χ0v) is 5.48. The van der Waals surface area contributed by atoms with Gasteiger partial charge in [-0.1, -0.05) is 0 Å². The van der Waals surface area contributed by atoms with Gasteiger partial charge in [-0.3, -0.25) is 0 Å². The van der Waals surface area contributed by atoms with E-state index in [-0.39, 0.29) is 0 Å². The van der Waals surface area contributed by atoms with E-state index < -0.39 is 0 Å². The number of nitrogens with one attached hydrogen (secondary N) is 2. The fourth-order valence-electron chi connectivity index (χ4n) is 1.84.